The quantitative estimate of drug-likeness (QED) is 0.160. The Balaban J connectivity index is 0.000000262. The van der Waals surface area contributed by atoms with Crippen molar-refractivity contribution in [1.29, 1.82) is 0 Å². The molecule has 0 radical (unpaired) electrons. The van der Waals surface area contributed by atoms with Crippen LogP contribution >= 0.6 is 89.6 Å². The van der Waals surface area contributed by atoms with E-state index in [1.54, 1.807) is 0 Å². The number of benzene rings is 4. The second-order valence-electron chi connectivity index (χ2n) is 10.6. The molecule has 8 heteroatoms. The molecule has 1 nitrogen and oxygen atoms in total. The number of hydrogen-bond acceptors (Lipinski definition) is 1. The highest BCUT2D eigenvalue weighted by Gasteiger charge is 2.22. The van der Waals surface area contributed by atoms with Gasteiger partial charge in [-0.2, -0.15) is 0 Å². The normalized spacial score (nSPS) is 12.2. The van der Waals surface area contributed by atoms with Gasteiger partial charge in [-0.25, -0.2) is 0 Å². The van der Waals surface area contributed by atoms with Crippen LogP contribution in [0.5, 0.6) is 0 Å². The van der Waals surface area contributed by atoms with Crippen molar-refractivity contribution in [2.75, 3.05) is 5.34 Å². The Bertz CT molecular complexity index is 1550. The summed E-state index contributed by atoms with van der Waals surface area (Å²) in [6.07, 6.45) is 6.73. The number of allylic oxidation sites excluding steroid dienone is 2. The fourth-order valence-electron chi connectivity index (χ4n) is 5.94. The molecule has 2 aliphatic carbocycles. The summed E-state index contributed by atoms with van der Waals surface area (Å²) in [5.74, 6) is 0. The third-order valence-electron chi connectivity index (χ3n) is 8.00. The van der Waals surface area contributed by atoms with Crippen LogP contribution in [-0.4, -0.2) is 10.4 Å². The van der Waals surface area contributed by atoms with E-state index in [2.05, 4.69) is 157 Å². The minimum Gasteiger partial charge on any atom is -0.392 e. The molecule has 0 atom stereocenters. The van der Waals surface area contributed by atoms with Crippen LogP contribution in [0.1, 0.15) is 74.2 Å². The van der Waals surface area contributed by atoms with Gasteiger partial charge in [-0.05, 0) is 165 Å². The van der Waals surface area contributed by atoms with Crippen LogP contribution in [0, 0.1) is 27.7 Å². The molecule has 46 heavy (non-hydrogen) atoms. The highest BCUT2D eigenvalue weighted by molar-refractivity contribution is 9.93. The largest absolute Gasteiger partial charge is 0.392 e. The summed E-state index contributed by atoms with van der Waals surface area (Å²) in [5.41, 5.74) is 18.8. The Morgan fingerprint density at radius 2 is 0.978 bits per heavy atom. The number of aliphatic hydroxyl groups excluding tert-OH is 1. The van der Waals surface area contributed by atoms with Gasteiger partial charge in [0.2, 0.25) is 0 Å². The molecule has 4 aromatic carbocycles. The van der Waals surface area contributed by atoms with Gasteiger partial charge < -0.3 is 5.11 Å². The van der Waals surface area contributed by atoms with Crippen molar-refractivity contribution in [2.45, 2.75) is 59.9 Å². The van der Waals surface area contributed by atoms with Gasteiger partial charge in [0.15, 0.2) is 0 Å². The topological polar surface area (TPSA) is 20.2 Å². The van der Waals surface area contributed by atoms with Crippen LogP contribution in [0.4, 0.5) is 0 Å². The summed E-state index contributed by atoms with van der Waals surface area (Å²) < 4.78 is -0.183. The van der Waals surface area contributed by atoms with Crippen LogP contribution in [0.25, 0.3) is 11.1 Å². The maximum atomic E-state index is 9.52. The molecule has 246 valence electrons. The third-order valence-corrected chi connectivity index (χ3v) is 8.60. The van der Waals surface area contributed by atoms with E-state index in [1.165, 1.54) is 66.8 Å². The molecule has 1 N–H and O–H groups in total. The number of fused-ring (bicyclic) bond motifs is 2. The summed E-state index contributed by atoms with van der Waals surface area (Å²) in [6.45, 7) is 8.86. The smallest absolute Gasteiger partial charge is 0.103 e. The van der Waals surface area contributed by atoms with Crippen LogP contribution in [0.2, 0.25) is 0 Å². The summed E-state index contributed by atoms with van der Waals surface area (Å²) in [6, 6.07) is 25.7. The van der Waals surface area contributed by atoms with Gasteiger partial charge in [0, 0.05) is 5.33 Å². The standard InChI is InChI=1S/C18H17Br.C18H18O.CH2Cl2.CH4.Br3P/c2*1-12-7-8-13(2)18-15(12)9-10-17(18)16-6-4-3-5-14(16)11-19;2-1-3;;1-4(2)3/h3-8,10H,9,11H2,1-2H3;3-8,10,19H,9,11H2,1-2H3;1H2;1H4;. The van der Waals surface area contributed by atoms with Crippen molar-refractivity contribution in [1.82, 2.24) is 0 Å². The molecule has 0 amide bonds. The zero-order valence-electron chi connectivity index (χ0n) is 25.8. The van der Waals surface area contributed by atoms with Gasteiger partial charge >= 0.3 is 0 Å². The van der Waals surface area contributed by atoms with E-state index in [0.717, 1.165) is 29.3 Å². The zero-order valence-corrected chi connectivity index (χ0v) is 34.5. The summed E-state index contributed by atoms with van der Waals surface area (Å²) in [5, 5.41) is 10.6. The SMILES string of the molecule is BrP(Br)Br.C.Cc1ccc(C)c2c1CC=C2c1ccccc1CBr.Cc1ccc(C)c2c1CC=C2c1ccccc1CO.ClCCl. The fraction of sp³-hybridized carbons (Fsp3) is 0.263. The first kappa shape index (κ1) is 41.4. The zero-order chi connectivity index (χ0) is 33.1. The van der Waals surface area contributed by atoms with Crippen molar-refractivity contribution >= 4 is 101 Å². The fourth-order valence-corrected chi connectivity index (χ4v) is 6.43. The molecule has 0 bridgehead atoms. The lowest BCUT2D eigenvalue weighted by Crippen LogP contribution is -1.97. The number of hydrogen-bond donors (Lipinski definition) is 1. The molecular formula is C38H41Br4Cl2OP. The lowest BCUT2D eigenvalue weighted by atomic mass is 9.91. The summed E-state index contributed by atoms with van der Waals surface area (Å²) >= 11 is 22.6. The van der Waals surface area contributed by atoms with Gasteiger partial charge in [-0.3, -0.25) is 0 Å². The van der Waals surface area contributed by atoms with Crippen molar-refractivity contribution in [3.63, 3.8) is 0 Å². The van der Waals surface area contributed by atoms with E-state index in [-0.39, 0.29) is 23.4 Å². The third kappa shape index (κ3) is 10.6. The minimum absolute atomic E-state index is 0. The highest BCUT2D eigenvalue weighted by Crippen LogP contribution is 2.59. The van der Waals surface area contributed by atoms with Crippen LogP contribution < -0.4 is 0 Å². The Hall–Kier alpha value is -0.750. The summed E-state index contributed by atoms with van der Waals surface area (Å²) in [4.78, 5) is 0. The first-order valence-corrected chi connectivity index (χ1v) is 24.0. The molecule has 0 saturated heterocycles. The number of aryl methyl sites for hydroxylation is 4. The molecule has 2 aliphatic rings. The Kier molecular flexibility index (Phi) is 18.6. The first-order chi connectivity index (χ1) is 21.6. The molecule has 0 saturated carbocycles. The van der Waals surface area contributed by atoms with E-state index in [9.17, 15) is 5.11 Å². The lowest BCUT2D eigenvalue weighted by molar-refractivity contribution is 0.281. The van der Waals surface area contributed by atoms with Crippen molar-refractivity contribution in [3.8, 4) is 0 Å². The monoisotopic (exact) mass is 930 g/mol. The van der Waals surface area contributed by atoms with Crippen LogP contribution in [0.3, 0.4) is 0 Å². The second-order valence-corrected chi connectivity index (χ2v) is 27.4. The highest BCUT2D eigenvalue weighted by atomic mass is 80.0. The molecule has 0 spiro atoms. The molecule has 4 aromatic rings. The number of alkyl halides is 3. The van der Waals surface area contributed by atoms with Gasteiger partial charge in [0.1, 0.15) is 4.03 Å². The van der Waals surface area contributed by atoms with Crippen molar-refractivity contribution in [3.05, 3.63) is 152 Å². The van der Waals surface area contributed by atoms with Gasteiger partial charge in [0.05, 0.1) is 11.9 Å². The Morgan fingerprint density at radius 1 is 0.630 bits per heavy atom. The van der Waals surface area contributed by atoms with Gasteiger partial charge in [-0.1, -0.05) is 108 Å². The molecule has 0 aliphatic heterocycles. The number of halogens is 6. The molecule has 0 fully saturated rings. The number of rotatable bonds is 4. The average Bonchev–Trinajstić information content (AvgIpc) is 3.68. The maximum Gasteiger partial charge on any atom is 0.103 e. The molecule has 0 unspecified atom stereocenters. The van der Waals surface area contributed by atoms with Crippen LogP contribution in [0.15, 0.2) is 84.9 Å². The van der Waals surface area contributed by atoms with E-state index >= 15 is 0 Å². The van der Waals surface area contributed by atoms with Crippen molar-refractivity contribution < 1.29 is 5.11 Å². The van der Waals surface area contributed by atoms with Gasteiger partial charge in [0.25, 0.3) is 0 Å². The minimum atomic E-state index is -0.183. The average molecular weight is 935 g/mol. The van der Waals surface area contributed by atoms with E-state index in [1.807, 2.05) is 18.2 Å². The van der Waals surface area contributed by atoms with Crippen LogP contribution in [-0.2, 0) is 24.8 Å². The summed E-state index contributed by atoms with van der Waals surface area (Å²) in [7, 11) is 0. The van der Waals surface area contributed by atoms with E-state index in [4.69, 9.17) is 23.2 Å². The maximum absolute atomic E-state index is 9.52. The van der Waals surface area contributed by atoms with E-state index in [0.29, 0.717) is 0 Å². The molecular weight excluding hydrogens is 894 g/mol. The van der Waals surface area contributed by atoms with Crippen molar-refractivity contribution in [2.24, 2.45) is 0 Å². The molecule has 6 rings (SSSR count). The molecule has 0 heterocycles. The Morgan fingerprint density at radius 3 is 1.37 bits per heavy atom. The predicted octanol–water partition coefficient (Wildman–Crippen LogP) is 14.4. The molecule has 0 aromatic heterocycles. The number of aliphatic hydroxyl groups is 1. The van der Waals surface area contributed by atoms with Gasteiger partial charge in [-0.15, -0.1) is 23.2 Å². The lowest BCUT2D eigenvalue weighted by Gasteiger charge is -2.14. The second kappa shape index (κ2) is 20.7. The van der Waals surface area contributed by atoms with E-state index < -0.39 is 0 Å². The Labute approximate surface area is 320 Å². The first-order valence-electron chi connectivity index (χ1n) is 14.4. The predicted molar refractivity (Wildman–Crippen MR) is 222 cm³/mol.